The molecule has 0 aromatic heterocycles. The molecule has 2 heterocycles. The minimum absolute atomic E-state index is 0.0421. The van der Waals surface area contributed by atoms with Crippen molar-refractivity contribution in [3.8, 4) is 6.07 Å². The Morgan fingerprint density at radius 3 is 2.61 bits per heavy atom. The predicted molar refractivity (Wildman–Crippen MR) is 91.2 cm³/mol. The van der Waals surface area contributed by atoms with Crippen LogP contribution in [0.5, 0.6) is 0 Å². The number of anilines is 3. The number of nitriles is 1. The molecular formula is C16H22N6O. The number of nitrogens with zero attached hydrogens (tertiary/aromatic N) is 4. The zero-order chi connectivity index (χ0) is 16.4. The van der Waals surface area contributed by atoms with Gasteiger partial charge in [-0.15, -0.1) is 0 Å². The van der Waals surface area contributed by atoms with Crippen molar-refractivity contribution < 1.29 is 4.79 Å². The second kappa shape index (κ2) is 6.24. The second-order valence-corrected chi connectivity index (χ2v) is 5.88. The molecule has 0 radical (unpaired) electrons. The maximum Gasteiger partial charge on any atom is 0.317 e. The van der Waals surface area contributed by atoms with Crippen LogP contribution in [0.4, 0.5) is 21.9 Å². The number of carbonyl (C=O) groups excluding carboxylic acids is 1. The van der Waals surface area contributed by atoms with Crippen molar-refractivity contribution in [2.24, 2.45) is 0 Å². The van der Waals surface area contributed by atoms with Gasteiger partial charge in [0.15, 0.2) is 0 Å². The first-order valence-electron chi connectivity index (χ1n) is 7.89. The fourth-order valence-electron chi connectivity index (χ4n) is 3.17. The molecule has 2 N–H and O–H groups in total. The summed E-state index contributed by atoms with van der Waals surface area (Å²) in [5, 5.41) is 15.5. The van der Waals surface area contributed by atoms with E-state index < -0.39 is 0 Å². The summed E-state index contributed by atoms with van der Waals surface area (Å²) in [6, 6.07) is 6.30. The standard InChI is InChI=1S/C16H22N6O/c1-18-16(23)22-7-5-21(6-8-22)14-10-15-13(9-12(14)11-17)19-3-4-20(15)2/h9-10,19H,3-8H2,1-2H3,(H,18,23). The first-order valence-corrected chi connectivity index (χ1v) is 7.89. The molecule has 23 heavy (non-hydrogen) atoms. The molecule has 2 aliphatic rings. The molecule has 1 aromatic rings. The number of likely N-dealkylation sites (N-methyl/N-ethyl adjacent to an activating group) is 1. The van der Waals surface area contributed by atoms with Crippen molar-refractivity contribution >= 4 is 23.1 Å². The van der Waals surface area contributed by atoms with Crippen LogP contribution in [0, 0.1) is 11.3 Å². The van der Waals surface area contributed by atoms with Gasteiger partial charge in [-0.1, -0.05) is 0 Å². The fourth-order valence-corrected chi connectivity index (χ4v) is 3.17. The van der Waals surface area contributed by atoms with Gasteiger partial charge in [0, 0.05) is 53.4 Å². The molecule has 2 aliphatic heterocycles. The second-order valence-electron chi connectivity index (χ2n) is 5.88. The Labute approximate surface area is 136 Å². The number of benzene rings is 1. The van der Waals surface area contributed by atoms with E-state index in [2.05, 4.69) is 39.6 Å². The van der Waals surface area contributed by atoms with Gasteiger partial charge in [0.1, 0.15) is 6.07 Å². The zero-order valence-corrected chi connectivity index (χ0v) is 13.6. The first kappa shape index (κ1) is 15.3. The van der Waals surface area contributed by atoms with Gasteiger partial charge in [0.2, 0.25) is 0 Å². The largest absolute Gasteiger partial charge is 0.382 e. The smallest absolute Gasteiger partial charge is 0.317 e. The molecule has 0 bridgehead atoms. The lowest BCUT2D eigenvalue weighted by Gasteiger charge is -2.37. The van der Waals surface area contributed by atoms with Gasteiger partial charge in [-0.2, -0.15) is 5.26 Å². The summed E-state index contributed by atoms with van der Waals surface area (Å²) in [5.74, 6) is 0. The van der Waals surface area contributed by atoms with Crippen LogP contribution in [0.3, 0.4) is 0 Å². The van der Waals surface area contributed by atoms with Crippen LogP contribution in [0.25, 0.3) is 0 Å². The number of piperazine rings is 1. The van der Waals surface area contributed by atoms with E-state index in [1.54, 1.807) is 11.9 Å². The summed E-state index contributed by atoms with van der Waals surface area (Å²) in [4.78, 5) is 17.9. The fraction of sp³-hybridized carbons (Fsp3) is 0.500. The highest BCUT2D eigenvalue weighted by atomic mass is 16.2. The molecule has 1 saturated heterocycles. The molecule has 0 unspecified atom stereocenters. The lowest BCUT2D eigenvalue weighted by molar-refractivity contribution is 0.196. The van der Waals surface area contributed by atoms with Crippen molar-refractivity contribution in [3.63, 3.8) is 0 Å². The number of carbonyl (C=O) groups is 1. The summed E-state index contributed by atoms with van der Waals surface area (Å²) < 4.78 is 0. The summed E-state index contributed by atoms with van der Waals surface area (Å²) in [6.07, 6.45) is 0. The van der Waals surface area contributed by atoms with E-state index in [0.717, 1.165) is 43.2 Å². The van der Waals surface area contributed by atoms with Crippen LogP contribution < -0.4 is 20.4 Å². The van der Waals surface area contributed by atoms with E-state index in [1.807, 2.05) is 6.07 Å². The van der Waals surface area contributed by atoms with E-state index >= 15 is 0 Å². The quantitative estimate of drug-likeness (QED) is 0.805. The molecule has 1 fully saturated rings. The van der Waals surface area contributed by atoms with Gasteiger partial charge in [0.25, 0.3) is 0 Å². The number of hydrogen-bond acceptors (Lipinski definition) is 5. The summed E-state index contributed by atoms with van der Waals surface area (Å²) in [5.41, 5.74) is 3.78. The zero-order valence-electron chi connectivity index (χ0n) is 13.6. The molecule has 0 spiro atoms. The van der Waals surface area contributed by atoms with Gasteiger partial charge >= 0.3 is 6.03 Å². The number of hydrogen-bond donors (Lipinski definition) is 2. The van der Waals surface area contributed by atoms with Gasteiger partial charge in [-0.25, -0.2) is 4.79 Å². The number of amides is 2. The van der Waals surface area contributed by atoms with Gasteiger partial charge in [-0.05, 0) is 12.1 Å². The Hall–Kier alpha value is -2.62. The Bertz CT molecular complexity index is 645. The maximum absolute atomic E-state index is 11.7. The van der Waals surface area contributed by atoms with E-state index in [4.69, 9.17) is 0 Å². The van der Waals surface area contributed by atoms with Crippen molar-refractivity contribution in [2.75, 3.05) is 68.5 Å². The molecular weight excluding hydrogens is 292 g/mol. The normalized spacial score (nSPS) is 17.2. The van der Waals surface area contributed by atoms with Crippen molar-refractivity contribution in [3.05, 3.63) is 17.7 Å². The lowest BCUT2D eigenvalue weighted by Crippen LogP contribution is -2.51. The number of rotatable bonds is 1. The Morgan fingerprint density at radius 1 is 1.22 bits per heavy atom. The van der Waals surface area contributed by atoms with Crippen LogP contribution in [0.1, 0.15) is 5.56 Å². The van der Waals surface area contributed by atoms with E-state index in [1.165, 1.54) is 0 Å². The lowest BCUT2D eigenvalue weighted by atomic mass is 10.1. The third-order valence-electron chi connectivity index (χ3n) is 4.53. The molecule has 122 valence electrons. The molecule has 0 saturated carbocycles. The number of nitrogens with one attached hydrogen (secondary N) is 2. The molecule has 1 aromatic carbocycles. The predicted octanol–water partition coefficient (Wildman–Crippen LogP) is 0.881. The summed E-state index contributed by atoms with van der Waals surface area (Å²) in [7, 11) is 3.72. The van der Waals surface area contributed by atoms with E-state index in [-0.39, 0.29) is 6.03 Å². The maximum atomic E-state index is 11.7. The molecule has 0 aliphatic carbocycles. The van der Waals surface area contributed by atoms with Gasteiger partial charge in [0.05, 0.1) is 22.6 Å². The number of fused-ring (bicyclic) bond motifs is 1. The average molecular weight is 314 g/mol. The Kier molecular flexibility index (Phi) is 4.15. The van der Waals surface area contributed by atoms with Crippen LogP contribution in [-0.4, -0.2) is 64.3 Å². The molecule has 2 amide bonds. The van der Waals surface area contributed by atoms with Crippen molar-refractivity contribution in [1.82, 2.24) is 10.2 Å². The van der Waals surface area contributed by atoms with Crippen molar-refractivity contribution in [2.45, 2.75) is 0 Å². The van der Waals surface area contributed by atoms with Crippen LogP contribution in [0.2, 0.25) is 0 Å². The van der Waals surface area contributed by atoms with Crippen molar-refractivity contribution in [1.29, 1.82) is 5.26 Å². The highest BCUT2D eigenvalue weighted by molar-refractivity contribution is 5.81. The van der Waals surface area contributed by atoms with Gasteiger partial charge < -0.3 is 25.3 Å². The molecule has 7 nitrogen and oxygen atoms in total. The minimum Gasteiger partial charge on any atom is -0.382 e. The summed E-state index contributed by atoms with van der Waals surface area (Å²) >= 11 is 0. The van der Waals surface area contributed by atoms with Crippen LogP contribution in [-0.2, 0) is 0 Å². The Morgan fingerprint density at radius 2 is 1.96 bits per heavy atom. The molecule has 3 rings (SSSR count). The third-order valence-corrected chi connectivity index (χ3v) is 4.53. The van der Waals surface area contributed by atoms with Crippen LogP contribution >= 0.6 is 0 Å². The average Bonchev–Trinajstić information content (AvgIpc) is 2.60. The SMILES string of the molecule is CNC(=O)N1CCN(c2cc3c(cc2C#N)NCCN3C)CC1. The topological polar surface area (TPSA) is 74.6 Å². The highest BCUT2D eigenvalue weighted by Crippen LogP contribution is 2.35. The van der Waals surface area contributed by atoms with Gasteiger partial charge in [-0.3, -0.25) is 0 Å². The molecule has 7 heteroatoms. The third kappa shape index (κ3) is 2.84. The van der Waals surface area contributed by atoms with E-state index in [9.17, 15) is 10.1 Å². The van der Waals surface area contributed by atoms with E-state index in [0.29, 0.717) is 18.7 Å². The highest BCUT2D eigenvalue weighted by Gasteiger charge is 2.24. The minimum atomic E-state index is -0.0421. The summed E-state index contributed by atoms with van der Waals surface area (Å²) in [6.45, 7) is 4.63. The first-order chi connectivity index (χ1) is 11.1. The monoisotopic (exact) mass is 314 g/mol. The van der Waals surface area contributed by atoms with Crippen LogP contribution in [0.15, 0.2) is 12.1 Å². The Balaban J connectivity index is 1.84. The molecule has 0 atom stereocenters. The number of urea groups is 1.